The standard InChI is InChI=1S/C16H17N3O2S/c1-3-22-14-10-12(8-9-18-14)16(21)19-13-6-4-11(5-7-13)15(20)17-2/h4-10H,3H2,1-2H3,(H,17,20)(H,19,21). The van der Waals surface area contributed by atoms with Crippen LogP contribution in [0.15, 0.2) is 47.6 Å². The number of anilines is 1. The zero-order valence-corrected chi connectivity index (χ0v) is 13.2. The molecule has 0 saturated heterocycles. The monoisotopic (exact) mass is 315 g/mol. The molecule has 1 heterocycles. The summed E-state index contributed by atoms with van der Waals surface area (Å²) >= 11 is 1.59. The third kappa shape index (κ3) is 4.08. The van der Waals surface area contributed by atoms with E-state index in [1.54, 1.807) is 61.4 Å². The van der Waals surface area contributed by atoms with Gasteiger partial charge in [-0.05, 0) is 42.2 Å². The van der Waals surface area contributed by atoms with E-state index in [9.17, 15) is 9.59 Å². The van der Waals surface area contributed by atoms with Crippen molar-refractivity contribution in [2.24, 2.45) is 0 Å². The summed E-state index contributed by atoms with van der Waals surface area (Å²) in [5.41, 5.74) is 1.74. The molecule has 0 bridgehead atoms. The SMILES string of the molecule is CCSc1cc(C(=O)Nc2ccc(C(=O)NC)cc2)ccn1. The normalized spacial score (nSPS) is 10.1. The van der Waals surface area contributed by atoms with Crippen molar-refractivity contribution in [3.05, 3.63) is 53.7 Å². The topological polar surface area (TPSA) is 71.1 Å². The van der Waals surface area contributed by atoms with Crippen LogP contribution in [0.4, 0.5) is 5.69 Å². The van der Waals surface area contributed by atoms with E-state index in [-0.39, 0.29) is 11.8 Å². The fourth-order valence-electron chi connectivity index (χ4n) is 1.83. The van der Waals surface area contributed by atoms with Crippen molar-refractivity contribution in [3.8, 4) is 0 Å². The van der Waals surface area contributed by atoms with Gasteiger partial charge in [0.25, 0.3) is 11.8 Å². The van der Waals surface area contributed by atoms with E-state index in [0.717, 1.165) is 10.8 Å². The minimum absolute atomic E-state index is 0.159. The van der Waals surface area contributed by atoms with Gasteiger partial charge in [-0.15, -0.1) is 11.8 Å². The summed E-state index contributed by atoms with van der Waals surface area (Å²) in [6, 6.07) is 10.2. The number of hydrogen-bond acceptors (Lipinski definition) is 4. The second kappa shape index (κ2) is 7.61. The van der Waals surface area contributed by atoms with Crippen molar-refractivity contribution in [2.75, 3.05) is 18.1 Å². The molecule has 0 aliphatic rings. The van der Waals surface area contributed by atoms with Gasteiger partial charge in [-0.1, -0.05) is 6.92 Å². The van der Waals surface area contributed by atoms with E-state index < -0.39 is 0 Å². The summed E-state index contributed by atoms with van der Waals surface area (Å²) in [6.45, 7) is 2.03. The highest BCUT2D eigenvalue weighted by atomic mass is 32.2. The summed E-state index contributed by atoms with van der Waals surface area (Å²) in [5, 5.41) is 6.18. The first-order valence-electron chi connectivity index (χ1n) is 6.86. The van der Waals surface area contributed by atoms with Crippen LogP contribution >= 0.6 is 11.8 Å². The summed E-state index contributed by atoms with van der Waals surface area (Å²) in [6.07, 6.45) is 1.63. The number of hydrogen-bond donors (Lipinski definition) is 2. The summed E-state index contributed by atoms with van der Waals surface area (Å²) in [5.74, 6) is 0.542. The molecule has 6 heteroatoms. The first-order chi connectivity index (χ1) is 10.6. The third-order valence-electron chi connectivity index (χ3n) is 2.92. The molecule has 0 aliphatic carbocycles. The van der Waals surface area contributed by atoms with Gasteiger partial charge in [0.05, 0.1) is 5.03 Å². The van der Waals surface area contributed by atoms with Crippen LogP contribution < -0.4 is 10.6 Å². The lowest BCUT2D eigenvalue weighted by Crippen LogP contribution is -2.17. The molecule has 0 spiro atoms. The van der Waals surface area contributed by atoms with Gasteiger partial charge in [0.15, 0.2) is 0 Å². The van der Waals surface area contributed by atoms with Gasteiger partial charge in [-0.3, -0.25) is 9.59 Å². The Balaban J connectivity index is 2.08. The molecule has 1 aromatic carbocycles. The van der Waals surface area contributed by atoms with Crippen LogP contribution in [0.3, 0.4) is 0 Å². The minimum Gasteiger partial charge on any atom is -0.355 e. The van der Waals surface area contributed by atoms with Crippen molar-refractivity contribution < 1.29 is 9.59 Å². The van der Waals surface area contributed by atoms with Crippen LogP contribution in [0.2, 0.25) is 0 Å². The molecule has 0 fully saturated rings. The van der Waals surface area contributed by atoms with Crippen LogP contribution in [0, 0.1) is 0 Å². The maximum atomic E-state index is 12.2. The molecule has 0 unspecified atom stereocenters. The van der Waals surface area contributed by atoms with Gasteiger partial charge in [0, 0.05) is 30.1 Å². The average molecular weight is 315 g/mol. The first-order valence-corrected chi connectivity index (χ1v) is 7.85. The molecule has 2 amide bonds. The van der Waals surface area contributed by atoms with Crippen LogP contribution in [0.1, 0.15) is 27.6 Å². The predicted octanol–water partition coefficient (Wildman–Crippen LogP) is 2.81. The number of nitrogens with one attached hydrogen (secondary N) is 2. The minimum atomic E-state index is -0.201. The van der Waals surface area contributed by atoms with Crippen molar-refractivity contribution in [2.45, 2.75) is 11.9 Å². The Bertz CT molecular complexity index is 671. The Morgan fingerprint density at radius 2 is 1.82 bits per heavy atom. The second-order valence-electron chi connectivity index (χ2n) is 4.43. The van der Waals surface area contributed by atoms with Crippen molar-refractivity contribution in [1.82, 2.24) is 10.3 Å². The molecule has 0 aliphatic heterocycles. The number of rotatable bonds is 5. The molecule has 1 aromatic heterocycles. The van der Waals surface area contributed by atoms with E-state index in [1.165, 1.54) is 0 Å². The lowest BCUT2D eigenvalue weighted by Gasteiger charge is -2.07. The van der Waals surface area contributed by atoms with Crippen molar-refractivity contribution in [3.63, 3.8) is 0 Å². The maximum absolute atomic E-state index is 12.2. The van der Waals surface area contributed by atoms with E-state index in [2.05, 4.69) is 15.6 Å². The number of benzene rings is 1. The molecule has 0 radical (unpaired) electrons. The molecule has 2 aromatic rings. The predicted molar refractivity (Wildman–Crippen MR) is 88.4 cm³/mol. The van der Waals surface area contributed by atoms with E-state index in [1.807, 2.05) is 6.92 Å². The Hall–Kier alpha value is -2.34. The van der Waals surface area contributed by atoms with Crippen LogP contribution in [0.5, 0.6) is 0 Å². The van der Waals surface area contributed by atoms with E-state index >= 15 is 0 Å². The van der Waals surface area contributed by atoms with Gasteiger partial charge >= 0.3 is 0 Å². The maximum Gasteiger partial charge on any atom is 0.255 e. The summed E-state index contributed by atoms with van der Waals surface area (Å²) < 4.78 is 0. The van der Waals surface area contributed by atoms with Gasteiger partial charge in [0.2, 0.25) is 0 Å². The highest BCUT2D eigenvalue weighted by Gasteiger charge is 2.08. The number of pyridine rings is 1. The number of nitrogens with zero attached hydrogens (tertiary/aromatic N) is 1. The number of carbonyl (C=O) groups excluding carboxylic acids is 2. The summed E-state index contributed by atoms with van der Waals surface area (Å²) in [7, 11) is 1.58. The number of amides is 2. The van der Waals surface area contributed by atoms with Gasteiger partial charge in [-0.25, -0.2) is 4.98 Å². The average Bonchev–Trinajstić information content (AvgIpc) is 2.55. The second-order valence-corrected chi connectivity index (χ2v) is 5.71. The molecule has 0 saturated carbocycles. The van der Waals surface area contributed by atoms with Gasteiger partial charge in [0.1, 0.15) is 0 Å². The highest BCUT2D eigenvalue weighted by molar-refractivity contribution is 7.99. The Kier molecular flexibility index (Phi) is 5.55. The quantitative estimate of drug-likeness (QED) is 0.832. The van der Waals surface area contributed by atoms with Gasteiger partial charge < -0.3 is 10.6 Å². The fraction of sp³-hybridized carbons (Fsp3) is 0.188. The number of aromatic nitrogens is 1. The smallest absolute Gasteiger partial charge is 0.255 e. The molecule has 22 heavy (non-hydrogen) atoms. The molecule has 0 atom stereocenters. The van der Waals surface area contributed by atoms with E-state index in [0.29, 0.717) is 16.8 Å². The Labute approximate surface area is 133 Å². The van der Waals surface area contributed by atoms with E-state index in [4.69, 9.17) is 0 Å². The fourth-order valence-corrected chi connectivity index (χ4v) is 2.47. The Morgan fingerprint density at radius 3 is 2.45 bits per heavy atom. The van der Waals surface area contributed by atoms with Crippen molar-refractivity contribution in [1.29, 1.82) is 0 Å². The van der Waals surface area contributed by atoms with Crippen LogP contribution in [-0.2, 0) is 0 Å². The molecule has 114 valence electrons. The largest absolute Gasteiger partial charge is 0.355 e. The molecular formula is C16H17N3O2S. The van der Waals surface area contributed by atoms with Gasteiger partial charge in [-0.2, -0.15) is 0 Å². The molecule has 2 N–H and O–H groups in total. The first kappa shape index (κ1) is 16.0. The van der Waals surface area contributed by atoms with Crippen molar-refractivity contribution >= 4 is 29.3 Å². The number of thioether (sulfide) groups is 1. The molecule has 2 rings (SSSR count). The zero-order valence-electron chi connectivity index (χ0n) is 12.4. The van der Waals surface area contributed by atoms with Crippen LogP contribution in [0.25, 0.3) is 0 Å². The lowest BCUT2D eigenvalue weighted by molar-refractivity contribution is 0.0962. The van der Waals surface area contributed by atoms with Crippen LogP contribution in [-0.4, -0.2) is 29.6 Å². The number of carbonyl (C=O) groups is 2. The molecular weight excluding hydrogens is 298 g/mol. The summed E-state index contributed by atoms with van der Waals surface area (Å²) in [4.78, 5) is 27.9. The highest BCUT2D eigenvalue weighted by Crippen LogP contribution is 2.17. The lowest BCUT2D eigenvalue weighted by atomic mass is 10.2. The molecule has 5 nitrogen and oxygen atoms in total. The zero-order chi connectivity index (χ0) is 15.9. The third-order valence-corrected chi connectivity index (χ3v) is 3.73. The Morgan fingerprint density at radius 1 is 1.09 bits per heavy atom.